The largest absolute Gasteiger partial charge is 0.488 e. The lowest BCUT2D eigenvalue weighted by Gasteiger charge is -2.08. The van der Waals surface area contributed by atoms with Crippen LogP contribution < -0.4 is 10.2 Å². The minimum atomic E-state index is -0.309. The van der Waals surface area contributed by atoms with Crippen LogP contribution in [0.3, 0.4) is 0 Å². The number of hydrazone groups is 1. The van der Waals surface area contributed by atoms with Crippen molar-refractivity contribution in [2.24, 2.45) is 5.10 Å². The Bertz CT molecular complexity index is 899. The van der Waals surface area contributed by atoms with E-state index < -0.39 is 0 Å². The normalized spacial score (nSPS) is 10.7. The van der Waals surface area contributed by atoms with Crippen LogP contribution in [0, 0.1) is 0 Å². The molecule has 0 bridgehead atoms. The van der Waals surface area contributed by atoms with Gasteiger partial charge in [0.2, 0.25) is 0 Å². The predicted octanol–water partition coefficient (Wildman–Crippen LogP) is 4.19. The van der Waals surface area contributed by atoms with Gasteiger partial charge >= 0.3 is 0 Å². The molecule has 0 saturated carbocycles. The molecule has 26 heavy (non-hydrogen) atoms. The van der Waals surface area contributed by atoms with Crippen molar-refractivity contribution in [1.29, 1.82) is 0 Å². The molecule has 6 heteroatoms. The molecule has 5 nitrogen and oxygen atoms in total. The van der Waals surface area contributed by atoms with Crippen LogP contribution in [0.5, 0.6) is 5.75 Å². The van der Waals surface area contributed by atoms with Crippen molar-refractivity contribution in [2.45, 2.75) is 6.61 Å². The highest BCUT2D eigenvalue weighted by Crippen LogP contribution is 2.26. The molecular weight excluding hydrogens is 394 g/mol. The summed E-state index contributed by atoms with van der Waals surface area (Å²) >= 11 is 3.50. The van der Waals surface area contributed by atoms with Gasteiger partial charge in [0.1, 0.15) is 12.4 Å². The Labute approximate surface area is 159 Å². The maximum absolute atomic E-state index is 11.9. The molecular formula is C20H16BrN3O2. The fourth-order valence-electron chi connectivity index (χ4n) is 2.18. The lowest BCUT2D eigenvalue weighted by Crippen LogP contribution is -2.17. The summed E-state index contributed by atoms with van der Waals surface area (Å²) in [5.41, 5.74) is 4.86. The molecule has 0 radical (unpaired) electrons. The summed E-state index contributed by atoms with van der Waals surface area (Å²) in [4.78, 5) is 15.8. The molecule has 3 aromatic rings. The number of hydrogen-bond acceptors (Lipinski definition) is 4. The van der Waals surface area contributed by atoms with Crippen molar-refractivity contribution in [1.82, 2.24) is 10.4 Å². The number of carbonyl (C=O) groups is 1. The average Bonchev–Trinajstić information content (AvgIpc) is 2.69. The molecule has 2 aromatic carbocycles. The number of nitrogens with zero attached hydrogens (tertiary/aromatic N) is 2. The zero-order valence-corrected chi connectivity index (χ0v) is 15.4. The maximum Gasteiger partial charge on any atom is 0.272 e. The Hall–Kier alpha value is -2.99. The summed E-state index contributed by atoms with van der Waals surface area (Å²) in [6.07, 6.45) is 4.67. The first-order chi connectivity index (χ1) is 12.7. The monoisotopic (exact) mass is 409 g/mol. The summed E-state index contributed by atoms with van der Waals surface area (Å²) in [5, 5.41) is 3.97. The number of rotatable bonds is 6. The summed E-state index contributed by atoms with van der Waals surface area (Å²) in [5.74, 6) is 0.432. The van der Waals surface area contributed by atoms with Crippen LogP contribution in [-0.4, -0.2) is 17.1 Å². The van der Waals surface area contributed by atoms with Crippen molar-refractivity contribution in [3.05, 3.63) is 94.2 Å². The van der Waals surface area contributed by atoms with Gasteiger partial charge in [-0.1, -0.05) is 30.3 Å². The fourth-order valence-corrected chi connectivity index (χ4v) is 2.69. The predicted molar refractivity (Wildman–Crippen MR) is 104 cm³/mol. The van der Waals surface area contributed by atoms with Crippen molar-refractivity contribution in [3.8, 4) is 5.75 Å². The van der Waals surface area contributed by atoms with Crippen LogP contribution in [0.4, 0.5) is 0 Å². The molecule has 0 atom stereocenters. The van der Waals surface area contributed by atoms with Crippen LogP contribution in [0.2, 0.25) is 0 Å². The second-order valence-electron chi connectivity index (χ2n) is 5.40. The van der Waals surface area contributed by atoms with Crippen molar-refractivity contribution in [2.75, 3.05) is 0 Å². The molecule has 0 fully saturated rings. The van der Waals surface area contributed by atoms with Gasteiger partial charge in [0, 0.05) is 12.4 Å². The van der Waals surface area contributed by atoms with Crippen molar-refractivity contribution in [3.63, 3.8) is 0 Å². The summed E-state index contributed by atoms with van der Waals surface area (Å²) in [6.45, 7) is 0.494. The molecule has 3 rings (SSSR count). The molecule has 0 aliphatic heterocycles. The first-order valence-corrected chi connectivity index (χ1v) is 8.71. The van der Waals surface area contributed by atoms with Crippen molar-refractivity contribution >= 4 is 28.1 Å². The first kappa shape index (κ1) is 17.8. The minimum absolute atomic E-state index is 0.309. The van der Waals surface area contributed by atoms with E-state index in [1.165, 1.54) is 6.20 Å². The number of halogens is 1. The van der Waals surface area contributed by atoms with Crippen LogP contribution in [0.25, 0.3) is 0 Å². The number of nitrogens with one attached hydrogen (secondary N) is 1. The third-order valence-electron chi connectivity index (χ3n) is 3.50. The highest BCUT2D eigenvalue weighted by atomic mass is 79.9. The minimum Gasteiger partial charge on any atom is -0.488 e. The van der Waals surface area contributed by atoms with Gasteiger partial charge in [-0.3, -0.25) is 9.78 Å². The van der Waals surface area contributed by atoms with E-state index in [1.54, 1.807) is 24.5 Å². The molecule has 0 aliphatic carbocycles. The Kier molecular flexibility index (Phi) is 6.11. The van der Waals surface area contributed by atoms with Gasteiger partial charge < -0.3 is 4.74 Å². The van der Waals surface area contributed by atoms with E-state index in [4.69, 9.17) is 4.74 Å². The number of hydrogen-bond donors (Lipinski definition) is 1. The van der Waals surface area contributed by atoms with E-state index in [1.807, 2.05) is 48.5 Å². The molecule has 0 unspecified atom stereocenters. The first-order valence-electron chi connectivity index (χ1n) is 7.92. The van der Waals surface area contributed by atoms with E-state index in [9.17, 15) is 4.79 Å². The Morgan fingerprint density at radius 2 is 2.00 bits per heavy atom. The second kappa shape index (κ2) is 8.92. The van der Waals surface area contributed by atoms with E-state index in [-0.39, 0.29) is 5.91 Å². The SMILES string of the molecule is O=C(N/N=C/c1ccc(OCc2ccccc2)c(Br)c1)c1cccnc1. The molecule has 1 amide bonds. The summed E-state index contributed by atoms with van der Waals surface area (Å²) in [6, 6.07) is 18.9. The van der Waals surface area contributed by atoms with Crippen LogP contribution in [0.1, 0.15) is 21.5 Å². The number of amides is 1. The maximum atomic E-state index is 11.9. The summed E-state index contributed by atoms with van der Waals surface area (Å²) < 4.78 is 6.63. The Balaban J connectivity index is 1.58. The zero-order valence-electron chi connectivity index (χ0n) is 13.8. The Morgan fingerprint density at radius 1 is 1.15 bits per heavy atom. The van der Waals surface area contributed by atoms with E-state index in [0.717, 1.165) is 21.3 Å². The molecule has 1 heterocycles. The molecule has 0 spiro atoms. The third kappa shape index (κ3) is 5.00. The van der Waals surface area contributed by atoms with Crippen molar-refractivity contribution < 1.29 is 9.53 Å². The number of benzene rings is 2. The van der Waals surface area contributed by atoms with Gasteiger partial charge in [0.05, 0.1) is 16.3 Å². The number of pyridine rings is 1. The topological polar surface area (TPSA) is 63.6 Å². The van der Waals surface area contributed by atoms with Gasteiger partial charge in [-0.05, 0) is 57.4 Å². The fraction of sp³-hybridized carbons (Fsp3) is 0.0500. The van der Waals surface area contributed by atoms with Gasteiger partial charge in [-0.2, -0.15) is 5.10 Å². The molecule has 1 N–H and O–H groups in total. The van der Waals surface area contributed by atoms with Crippen LogP contribution in [-0.2, 0) is 6.61 Å². The molecule has 0 saturated heterocycles. The van der Waals surface area contributed by atoms with Gasteiger partial charge in [-0.15, -0.1) is 0 Å². The third-order valence-corrected chi connectivity index (χ3v) is 4.12. The quantitative estimate of drug-likeness (QED) is 0.490. The molecule has 0 aliphatic rings. The summed E-state index contributed by atoms with van der Waals surface area (Å²) in [7, 11) is 0. The smallest absolute Gasteiger partial charge is 0.272 e. The lowest BCUT2D eigenvalue weighted by atomic mass is 10.2. The van der Waals surface area contributed by atoms with Gasteiger partial charge in [-0.25, -0.2) is 5.43 Å². The number of carbonyl (C=O) groups excluding carboxylic acids is 1. The number of ether oxygens (including phenoxy) is 1. The van der Waals surface area contributed by atoms with E-state index in [2.05, 4.69) is 31.4 Å². The van der Waals surface area contributed by atoms with Crippen LogP contribution in [0.15, 0.2) is 82.6 Å². The van der Waals surface area contributed by atoms with E-state index in [0.29, 0.717) is 12.2 Å². The average molecular weight is 410 g/mol. The van der Waals surface area contributed by atoms with E-state index >= 15 is 0 Å². The van der Waals surface area contributed by atoms with Gasteiger partial charge in [0.15, 0.2) is 0 Å². The molecule has 1 aromatic heterocycles. The lowest BCUT2D eigenvalue weighted by molar-refractivity contribution is 0.0955. The second-order valence-corrected chi connectivity index (χ2v) is 6.26. The zero-order chi connectivity index (χ0) is 18.2. The molecule has 130 valence electrons. The Morgan fingerprint density at radius 3 is 2.73 bits per heavy atom. The van der Waals surface area contributed by atoms with Gasteiger partial charge in [0.25, 0.3) is 5.91 Å². The van der Waals surface area contributed by atoms with Crippen LogP contribution >= 0.6 is 15.9 Å². The highest BCUT2D eigenvalue weighted by molar-refractivity contribution is 9.10. The number of aromatic nitrogens is 1. The highest BCUT2D eigenvalue weighted by Gasteiger charge is 2.04. The standard InChI is InChI=1S/C20H16BrN3O2/c21-18-11-16(12-23-24-20(25)17-7-4-10-22-13-17)8-9-19(18)26-14-15-5-2-1-3-6-15/h1-13H,14H2,(H,24,25)/b23-12+.